The zero-order chi connectivity index (χ0) is 16.4. The van der Waals surface area contributed by atoms with E-state index in [9.17, 15) is 4.79 Å². The molecule has 2 aromatic carbocycles. The molecule has 0 amide bonds. The van der Waals surface area contributed by atoms with Crippen molar-refractivity contribution in [1.29, 1.82) is 0 Å². The highest BCUT2D eigenvalue weighted by Gasteiger charge is 2.13. The van der Waals surface area contributed by atoms with E-state index in [-0.39, 0.29) is 12.1 Å². The largest absolute Gasteiger partial charge is 0.326 e. The van der Waals surface area contributed by atoms with E-state index in [0.717, 1.165) is 28.1 Å². The average molecular weight is 304 g/mol. The first-order valence-electron chi connectivity index (χ1n) is 7.70. The molecule has 0 radical (unpaired) electrons. The molecule has 0 unspecified atom stereocenters. The molecule has 1 aromatic heterocycles. The van der Waals surface area contributed by atoms with Crippen molar-refractivity contribution in [3.05, 3.63) is 87.7 Å². The molecule has 3 heteroatoms. The van der Waals surface area contributed by atoms with Crippen LogP contribution in [0.4, 0.5) is 0 Å². The van der Waals surface area contributed by atoms with Crippen molar-refractivity contribution in [2.45, 2.75) is 20.4 Å². The Labute approximate surface area is 136 Å². The molecule has 0 saturated carbocycles. The number of aryl methyl sites for hydroxylation is 1. The van der Waals surface area contributed by atoms with Crippen LogP contribution in [0.15, 0.2) is 65.5 Å². The first-order valence-corrected chi connectivity index (χ1v) is 7.70. The number of pyridine rings is 1. The van der Waals surface area contributed by atoms with Crippen molar-refractivity contribution < 1.29 is 0 Å². The van der Waals surface area contributed by atoms with Gasteiger partial charge in [-0.2, -0.15) is 0 Å². The first-order chi connectivity index (χ1) is 11.1. The Morgan fingerprint density at radius 1 is 0.913 bits per heavy atom. The van der Waals surface area contributed by atoms with Crippen LogP contribution in [0.5, 0.6) is 0 Å². The Hall–Kier alpha value is -2.65. The van der Waals surface area contributed by atoms with Crippen LogP contribution < -0.4 is 11.3 Å². The first kappa shape index (κ1) is 15.3. The third-order valence-electron chi connectivity index (χ3n) is 4.27. The average Bonchev–Trinajstić information content (AvgIpc) is 2.58. The fraction of sp³-hybridized carbons (Fsp3) is 0.150. The van der Waals surface area contributed by atoms with Crippen LogP contribution in [0.3, 0.4) is 0 Å². The van der Waals surface area contributed by atoms with Crippen LogP contribution in [0.2, 0.25) is 0 Å². The highest BCUT2D eigenvalue weighted by atomic mass is 16.1. The standard InChI is InChI=1S/C20H20N2O/c1-14-7-6-10-18(15(14)2)22-19(16-8-4-3-5-9-16)12-11-17(13-21)20(22)23/h3-12H,13,21H2,1-2H3. The van der Waals surface area contributed by atoms with Gasteiger partial charge < -0.3 is 5.73 Å². The lowest BCUT2D eigenvalue weighted by molar-refractivity contribution is 0.923. The summed E-state index contributed by atoms with van der Waals surface area (Å²) >= 11 is 0. The monoisotopic (exact) mass is 304 g/mol. The highest BCUT2D eigenvalue weighted by molar-refractivity contribution is 5.64. The summed E-state index contributed by atoms with van der Waals surface area (Å²) in [4.78, 5) is 12.9. The number of hydrogen-bond donors (Lipinski definition) is 1. The van der Waals surface area contributed by atoms with Crippen LogP contribution in [0.1, 0.15) is 16.7 Å². The number of nitrogens with two attached hydrogens (primary N) is 1. The lowest BCUT2D eigenvalue weighted by Crippen LogP contribution is -2.26. The van der Waals surface area contributed by atoms with Crippen molar-refractivity contribution in [3.63, 3.8) is 0 Å². The molecule has 0 atom stereocenters. The van der Waals surface area contributed by atoms with E-state index in [1.807, 2.05) is 61.5 Å². The molecule has 1 heterocycles. The second-order valence-electron chi connectivity index (χ2n) is 5.67. The molecule has 0 bridgehead atoms. The number of aromatic nitrogens is 1. The molecule has 116 valence electrons. The van der Waals surface area contributed by atoms with Gasteiger partial charge in [0.25, 0.3) is 5.56 Å². The Balaban J connectivity index is 2.38. The van der Waals surface area contributed by atoms with E-state index in [4.69, 9.17) is 5.73 Å². The van der Waals surface area contributed by atoms with Crippen LogP contribution in [-0.4, -0.2) is 4.57 Å². The van der Waals surface area contributed by atoms with Crippen molar-refractivity contribution in [2.24, 2.45) is 5.73 Å². The molecule has 0 fully saturated rings. The maximum atomic E-state index is 12.9. The van der Waals surface area contributed by atoms with E-state index < -0.39 is 0 Å². The van der Waals surface area contributed by atoms with Gasteiger partial charge in [-0.15, -0.1) is 0 Å². The minimum atomic E-state index is -0.0532. The van der Waals surface area contributed by atoms with Crippen LogP contribution in [-0.2, 0) is 6.54 Å². The number of benzene rings is 2. The second-order valence-corrected chi connectivity index (χ2v) is 5.67. The molecular weight excluding hydrogens is 284 g/mol. The molecule has 0 aliphatic rings. The fourth-order valence-corrected chi connectivity index (χ4v) is 2.78. The minimum Gasteiger partial charge on any atom is -0.326 e. The molecule has 3 nitrogen and oxygen atoms in total. The zero-order valence-corrected chi connectivity index (χ0v) is 13.4. The molecule has 0 aliphatic heterocycles. The molecule has 2 N–H and O–H groups in total. The van der Waals surface area contributed by atoms with E-state index in [0.29, 0.717) is 5.56 Å². The van der Waals surface area contributed by atoms with Crippen LogP contribution in [0, 0.1) is 13.8 Å². The molecule has 23 heavy (non-hydrogen) atoms. The fourth-order valence-electron chi connectivity index (χ4n) is 2.78. The Morgan fingerprint density at radius 2 is 1.65 bits per heavy atom. The number of nitrogens with zero attached hydrogens (tertiary/aromatic N) is 1. The molecule has 0 saturated heterocycles. The van der Waals surface area contributed by atoms with E-state index in [1.54, 1.807) is 4.57 Å². The van der Waals surface area contributed by atoms with Crippen molar-refractivity contribution in [1.82, 2.24) is 4.57 Å². The summed E-state index contributed by atoms with van der Waals surface area (Å²) in [7, 11) is 0. The number of rotatable bonds is 3. The van der Waals surface area contributed by atoms with Gasteiger partial charge in [0, 0.05) is 12.1 Å². The summed E-state index contributed by atoms with van der Waals surface area (Å²) in [5.74, 6) is 0. The normalized spacial score (nSPS) is 10.7. The minimum absolute atomic E-state index is 0.0532. The van der Waals surface area contributed by atoms with E-state index >= 15 is 0 Å². The SMILES string of the molecule is Cc1cccc(-n2c(-c3ccccc3)ccc(CN)c2=O)c1C. The van der Waals surface area contributed by atoms with Crippen LogP contribution >= 0.6 is 0 Å². The lowest BCUT2D eigenvalue weighted by atomic mass is 10.0. The van der Waals surface area contributed by atoms with Crippen molar-refractivity contribution >= 4 is 0 Å². The third kappa shape index (κ3) is 2.71. The third-order valence-corrected chi connectivity index (χ3v) is 4.27. The van der Waals surface area contributed by atoms with Gasteiger partial charge in [-0.3, -0.25) is 9.36 Å². The predicted molar refractivity (Wildman–Crippen MR) is 94.8 cm³/mol. The topological polar surface area (TPSA) is 48.0 Å². The summed E-state index contributed by atoms with van der Waals surface area (Å²) in [6, 6.07) is 19.8. The van der Waals surface area contributed by atoms with Gasteiger partial charge >= 0.3 is 0 Å². The summed E-state index contributed by atoms with van der Waals surface area (Å²) < 4.78 is 1.78. The van der Waals surface area contributed by atoms with E-state index in [1.165, 1.54) is 0 Å². The molecule has 0 spiro atoms. The Bertz CT molecular complexity index is 895. The van der Waals surface area contributed by atoms with Gasteiger partial charge in [-0.1, -0.05) is 48.5 Å². The lowest BCUT2D eigenvalue weighted by Gasteiger charge is -2.17. The molecule has 3 rings (SSSR count). The predicted octanol–water partition coefficient (Wildman–Crippen LogP) is 3.58. The summed E-state index contributed by atoms with van der Waals surface area (Å²) in [6.07, 6.45) is 0. The Kier molecular flexibility index (Phi) is 4.13. The Morgan fingerprint density at radius 3 is 2.35 bits per heavy atom. The zero-order valence-electron chi connectivity index (χ0n) is 13.4. The highest BCUT2D eigenvalue weighted by Crippen LogP contribution is 2.24. The maximum absolute atomic E-state index is 12.9. The van der Waals surface area contributed by atoms with Gasteiger partial charge in [0.15, 0.2) is 0 Å². The smallest absolute Gasteiger partial charge is 0.260 e. The molecule has 3 aromatic rings. The summed E-state index contributed by atoms with van der Waals surface area (Å²) in [6.45, 7) is 4.33. The molecular formula is C20H20N2O. The maximum Gasteiger partial charge on any atom is 0.260 e. The van der Waals surface area contributed by atoms with Crippen LogP contribution in [0.25, 0.3) is 16.9 Å². The van der Waals surface area contributed by atoms with Gasteiger partial charge in [0.05, 0.1) is 11.4 Å². The van der Waals surface area contributed by atoms with Crippen molar-refractivity contribution in [2.75, 3.05) is 0 Å². The van der Waals surface area contributed by atoms with Crippen molar-refractivity contribution in [3.8, 4) is 16.9 Å². The van der Waals surface area contributed by atoms with Gasteiger partial charge in [-0.25, -0.2) is 0 Å². The summed E-state index contributed by atoms with van der Waals surface area (Å²) in [5, 5.41) is 0. The van der Waals surface area contributed by atoms with Gasteiger partial charge in [0.1, 0.15) is 0 Å². The number of hydrogen-bond acceptors (Lipinski definition) is 2. The second kappa shape index (κ2) is 6.23. The summed E-state index contributed by atoms with van der Waals surface area (Å²) in [5.41, 5.74) is 11.4. The van der Waals surface area contributed by atoms with E-state index in [2.05, 4.69) is 13.0 Å². The van der Waals surface area contributed by atoms with Gasteiger partial charge in [0.2, 0.25) is 0 Å². The quantitative estimate of drug-likeness (QED) is 0.804. The molecule has 0 aliphatic carbocycles. The van der Waals surface area contributed by atoms with Gasteiger partial charge in [-0.05, 0) is 42.7 Å².